The Morgan fingerprint density at radius 3 is 2.54 bits per heavy atom. The van der Waals surface area contributed by atoms with Crippen LogP contribution in [0, 0.1) is 17.3 Å². The van der Waals surface area contributed by atoms with Crippen LogP contribution in [0.5, 0.6) is 0 Å². The summed E-state index contributed by atoms with van der Waals surface area (Å²) in [4.78, 5) is 11.9. The predicted octanol–water partition coefficient (Wildman–Crippen LogP) is 2.90. The molecule has 0 spiro atoms. The lowest BCUT2D eigenvalue weighted by Crippen LogP contribution is -2.35. The standard InChI is InChI=1S/C21H28O5/c1-20(2,3)19(23)24-14-13-17-18(26-21(4,5)25-17)16(22)12-11-15-9-7-6-8-10-15/h6-10,16-18,22H,13-14H2,1-5H3/t16?,17-,18+/m1/s1. The summed E-state index contributed by atoms with van der Waals surface area (Å²) in [5.74, 6) is 4.68. The molecule has 1 aliphatic rings. The fourth-order valence-electron chi connectivity index (χ4n) is 2.60. The first-order chi connectivity index (χ1) is 12.1. The summed E-state index contributed by atoms with van der Waals surface area (Å²) in [6.45, 7) is 9.20. The third-order valence-corrected chi connectivity index (χ3v) is 3.92. The Morgan fingerprint density at radius 1 is 1.27 bits per heavy atom. The molecule has 142 valence electrons. The van der Waals surface area contributed by atoms with Gasteiger partial charge in [-0.05, 0) is 46.8 Å². The monoisotopic (exact) mass is 360 g/mol. The van der Waals surface area contributed by atoms with E-state index < -0.39 is 29.5 Å². The van der Waals surface area contributed by atoms with Crippen molar-refractivity contribution in [2.75, 3.05) is 6.61 Å². The van der Waals surface area contributed by atoms with Crippen molar-refractivity contribution in [2.24, 2.45) is 5.41 Å². The van der Waals surface area contributed by atoms with E-state index in [0.717, 1.165) is 5.56 Å². The van der Waals surface area contributed by atoms with Crippen LogP contribution in [0.1, 0.15) is 46.6 Å². The SMILES string of the molecule is CC1(C)O[C@H](CCOC(=O)C(C)(C)C)[C@H](C(O)C#Cc2ccccc2)O1. The van der Waals surface area contributed by atoms with Crippen LogP contribution in [-0.4, -0.2) is 41.8 Å². The fourth-order valence-corrected chi connectivity index (χ4v) is 2.60. The van der Waals surface area contributed by atoms with E-state index in [1.165, 1.54) is 0 Å². The summed E-state index contributed by atoms with van der Waals surface area (Å²) in [6.07, 6.45) is -1.58. The van der Waals surface area contributed by atoms with Gasteiger partial charge in [0.25, 0.3) is 0 Å². The minimum atomic E-state index is -1.000. The van der Waals surface area contributed by atoms with Crippen LogP contribution in [0.4, 0.5) is 0 Å². The maximum Gasteiger partial charge on any atom is 0.311 e. The zero-order valence-electron chi connectivity index (χ0n) is 16.1. The van der Waals surface area contributed by atoms with Gasteiger partial charge in [0, 0.05) is 12.0 Å². The van der Waals surface area contributed by atoms with Crippen molar-refractivity contribution in [3.63, 3.8) is 0 Å². The van der Waals surface area contributed by atoms with Gasteiger partial charge in [-0.1, -0.05) is 30.0 Å². The van der Waals surface area contributed by atoms with E-state index in [2.05, 4.69) is 11.8 Å². The lowest BCUT2D eigenvalue weighted by Gasteiger charge is -2.20. The highest BCUT2D eigenvalue weighted by atomic mass is 16.8. The van der Waals surface area contributed by atoms with Crippen LogP contribution in [-0.2, 0) is 19.0 Å². The van der Waals surface area contributed by atoms with Crippen LogP contribution >= 0.6 is 0 Å². The number of benzene rings is 1. The lowest BCUT2D eigenvalue weighted by atomic mass is 9.97. The average Bonchev–Trinajstić information content (AvgIpc) is 2.87. The molecule has 1 saturated heterocycles. The van der Waals surface area contributed by atoms with Crippen LogP contribution in [0.3, 0.4) is 0 Å². The van der Waals surface area contributed by atoms with Crippen molar-refractivity contribution in [3.8, 4) is 11.8 Å². The second kappa shape index (κ2) is 8.22. The molecule has 1 heterocycles. The van der Waals surface area contributed by atoms with E-state index in [4.69, 9.17) is 14.2 Å². The summed E-state index contributed by atoms with van der Waals surface area (Å²) < 4.78 is 17.0. The van der Waals surface area contributed by atoms with Gasteiger partial charge >= 0.3 is 5.97 Å². The highest BCUT2D eigenvalue weighted by molar-refractivity contribution is 5.75. The maximum absolute atomic E-state index is 11.9. The Kier molecular flexibility index (Phi) is 6.46. The number of hydrogen-bond acceptors (Lipinski definition) is 5. The van der Waals surface area contributed by atoms with Crippen molar-refractivity contribution in [1.82, 2.24) is 0 Å². The van der Waals surface area contributed by atoms with Gasteiger partial charge in [-0.25, -0.2) is 0 Å². The molecule has 0 aromatic heterocycles. The molecule has 5 nitrogen and oxygen atoms in total. The van der Waals surface area contributed by atoms with Crippen molar-refractivity contribution in [3.05, 3.63) is 35.9 Å². The van der Waals surface area contributed by atoms with Gasteiger partial charge < -0.3 is 19.3 Å². The first kappa shape index (κ1) is 20.4. The summed E-state index contributed by atoms with van der Waals surface area (Å²) in [5, 5.41) is 10.5. The second-order valence-electron chi connectivity index (χ2n) is 7.89. The van der Waals surface area contributed by atoms with Crippen molar-refractivity contribution in [2.45, 2.75) is 65.1 Å². The van der Waals surface area contributed by atoms with Gasteiger partial charge in [0.05, 0.1) is 18.1 Å². The van der Waals surface area contributed by atoms with E-state index in [0.29, 0.717) is 6.42 Å². The van der Waals surface area contributed by atoms with Crippen LogP contribution in [0.25, 0.3) is 0 Å². The smallest absolute Gasteiger partial charge is 0.311 e. The van der Waals surface area contributed by atoms with Gasteiger partial charge in [0.2, 0.25) is 0 Å². The molecule has 1 aromatic rings. The molecule has 0 bridgehead atoms. The lowest BCUT2D eigenvalue weighted by molar-refractivity contribution is -0.157. The summed E-state index contributed by atoms with van der Waals surface area (Å²) in [5.41, 5.74) is 0.271. The fraction of sp³-hybridized carbons (Fsp3) is 0.571. The number of carbonyl (C=O) groups is 1. The molecule has 0 aliphatic carbocycles. The first-order valence-corrected chi connectivity index (χ1v) is 8.86. The molecule has 3 atom stereocenters. The van der Waals surface area contributed by atoms with Crippen LogP contribution in [0.2, 0.25) is 0 Å². The third kappa shape index (κ3) is 5.84. The second-order valence-corrected chi connectivity index (χ2v) is 7.89. The van der Waals surface area contributed by atoms with E-state index in [9.17, 15) is 9.90 Å². The molecule has 1 aromatic carbocycles. The number of aliphatic hydroxyl groups is 1. The first-order valence-electron chi connectivity index (χ1n) is 8.86. The van der Waals surface area contributed by atoms with Crippen LogP contribution in [0.15, 0.2) is 30.3 Å². The Bertz CT molecular complexity index is 663. The number of esters is 1. The van der Waals surface area contributed by atoms with E-state index in [1.54, 1.807) is 34.6 Å². The Morgan fingerprint density at radius 2 is 1.92 bits per heavy atom. The number of rotatable bonds is 4. The van der Waals surface area contributed by atoms with Crippen LogP contribution < -0.4 is 0 Å². The zero-order chi connectivity index (χ0) is 19.4. The van der Waals surface area contributed by atoms with E-state index >= 15 is 0 Å². The zero-order valence-corrected chi connectivity index (χ0v) is 16.1. The van der Waals surface area contributed by atoms with Crippen molar-refractivity contribution >= 4 is 5.97 Å². The highest BCUT2D eigenvalue weighted by Gasteiger charge is 2.44. The normalized spacial score (nSPS) is 23.0. The maximum atomic E-state index is 11.9. The molecule has 5 heteroatoms. The number of aliphatic hydroxyl groups excluding tert-OH is 1. The van der Waals surface area contributed by atoms with Gasteiger partial charge in [-0.3, -0.25) is 4.79 Å². The third-order valence-electron chi connectivity index (χ3n) is 3.92. The average molecular weight is 360 g/mol. The van der Waals surface area contributed by atoms with Gasteiger partial charge in [0.1, 0.15) is 12.2 Å². The predicted molar refractivity (Wildman–Crippen MR) is 98.2 cm³/mol. The molecule has 1 aliphatic heterocycles. The highest BCUT2D eigenvalue weighted by Crippen LogP contribution is 2.31. The molecule has 1 fully saturated rings. The summed E-state index contributed by atoms with van der Waals surface area (Å²) >= 11 is 0. The summed E-state index contributed by atoms with van der Waals surface area (Å²) in [6, 6.07) is 9.44. The minimum Gasteiger partial charge on any atom is -0.465 e. The molecular weight excluding hydrogens is 332 g/mol. The van der Waals surface area contributed by atoms with Crippen molar-refractivity contribution < 1.29 is 24.1 Å². The van der Waals surface area contributed by atoms with Gasteiger partial charge in [-0.15, -0.1) is 0 Å². The topological polar surface area (TPSA) is 65.0 Å². The minimum absolute atomic E-state index is 0.204. The van der Waals surface area contributed by atoms with Crippen molar-refractivity contribution in [1.29, 1.82) is 0 Å². The molecule has 0 radical (unpaired) electrons. The Labute approximate surface area is 155 Å². The molecule has 0 saturated carbocycles. The molecule has 26 heavy (non-hydrogen) atoms. The number of ether oxygens (including phenoxy) is 3. The molecular formula is C21H28O5. The molecule has 1 unspecified atom stereocenters. The number of carbonyl (C=O) groups excluding carboxylic acids is 1. The largest absolute Gasteiger partial charge is 0.465 e. The quantitative estimate of drug-likeness (QED) is 0.661. The number of hydrogen-bond donors (Lipinski definition) is 1. The van der Waals surface area contributed by atoms with E-state index in [-0.39, 0.29) is 12.6 Å². The summed E-state index contributed by atoms with van der Waals surface area (Å²) in [7, 11) is 0. The van der Waals surface area contributed by atoms with E-state index in [1.807, 2.05) is 30.3 Å². The Hall–Kier alpha value is -1.87. The van der Waals surface area contributed by atoms with Gasteiger partial charge in [-0.2, -0.15) is 0 Å². The molecule has 0 amide bonds. The van der Waals surface area contributed by atoms with Gasteiger partial charge in [0.15, 0.2) is 5.79 Å². The molecule has 2 rings (SSSR count). The molecule has 1 N–H and O–H groups in total. The Balaban J connectivity index is 1.98.